The van der Waals surface area contributed by atoms with E-state index in [9.17, 15) is 9.59 Å². The number of nitrogens with one attached hydrogen (secondary N) is 2. The highest BCUT2D eigenvalue weighted by atomic mass is 19.1. The Morgan fingerprint density at radius 1 is 1.14 bits per heavy atom. The first-order valence-corrected chi connectivity index (χ1v) is 12.4. The molecule has 0 radical (unpaired) electrons. The topological polar surface area (TPSA) is 106 Å². The van der Waals surface area contributed by atoms with E-state index in [2.05, 4.69) is 20.6 Å². The van der Waals surface area contributed by atoms with Crippen LogP contribution in [0, 0.1) is 18.7 Å². The number of amides is 3. The largest absolute Gasteiger partial charge is 0.474 e. The average molecular weight is 508 g/mol. The van der Waals surface area contributed by atoms with Gasteiger partial charge in [0.25, 0.3) is 0 Å². The van der Waals surface area contributed by atoms with Gasteiger partial charge in [0, 0.05) is 35.5 Å². The lowest BCUT2D eigenvalue weighted by Crippen LogP contribution is -2.42. The molecule has 2 aliphatic rings. The van der Waals surface area contributed by atoms with Crippen molar-refractivity contribution >= 4 is 34.4 Å². The second-order valence-corrected chi connectivity index (χ2v) is 10.5. The molecule has 0 saturated heterocycles. The van der Waals surface area contributed by atoms with E-state index in [1.165, 1.54) is 17.2 Å². The van der Waals surface area contributed by atoms with Crippen molar-refractivity contribution in [3.05, 3.63) is 42.0 Å². The van der Waals surface area contributed by atoms with Gasteiger partial charge in [-0.15, -0.1) is 0 Å². The van der Waals surface area contributed by atoms with E-state index >= 15 is 4.39 Å². The number of carbonyl (C=O) groups is 2. The van der Waals surface area contributed by atoms with Crippen molar-refractivity contribution in [1.29, 1.82) is 0 Å². The third-order valence-corrected chi connectivity index (χ3v) is 6.30. The number of rotatable bonds is 4. The molecule has 3 amide bonds. The number of anilines is 2. The van der Waals surface area contributed by atoms with Gasteiger partial charge < -0.3 is 14.8 Å². The van der Waals surface area contributed by atoms with Gasteiger partial charge in [-0.3, -0.25) is 10.2 Å². The molecule has 3 heterocycles. The number of benzene rings is 1. The molecule has 1 aliphatic heterocycles. The van der Waals surface area contributed by atoms with E-state index in [0.717, 1.165) is 12.8 Å². The van der Waals surface area contributed by atoms with Gasteiger partial charge in [0.2, 0.25) is 5.88 Å². The zero-order chi connectivity index (χ0) is 26.3. The fraction of sp³-hybridized carbons (Fsp3) is 0.407. The molecule has 194 valence electrons. The van der Waals surface area contributed by atoms with Gasteiger partial charge in [-0.05, 0) is 75.6 Å². The summed E-state index contributed by atoms with van der Waals surface area (Å²) >= 11 is 0. The number of urea groups is 1. The van der Waals surface area contributed by atoms with Crippen molar-refractivity contribution in [2.24, 2.45) is 5.92 Å². The molecule has 1 saturated carbocycles. The summed E-state index contributed by atoms with van der Waals surface area (Å²) < 4.78 is 26.6. The highest BCUT2D eigenvalue weighted by Gasteiger charge is 2.32. The number of pyridine rings is 2. The van der Waals surface area contributed by atoms with Gasteiger partial charge >= 0.3 is 12.1 Å². The van der Waals surface area contributed by atoms with Crippen molar-refractivity contribution in [1.82, 2.24) is 15.3 Å². The van der Waals surface area contributed by atoms with E-state index < -0.39 is 17.5 Å². The lowest BCUT2D eigenvalue weighted by atomic mass is 9.98. The van der Waals surface area contributed by atoms with Gasteiger partial charge in [0.1, 0.15) is 29.5 Å². The Hall–Kier alpha value is -3.95. The zero-order valence-corrected chi connectivity index (χ0v) is 21.4. The summed E-state index contributed by atoms with van der Waals surface area (Å²) in [6, 6.07) is 4.47. The molecule has 0 bridgehead atoms. The second kappa shape index (κ2) is 9.49. The highest BCUT2D eigenvalue weighted by molar-refractivity contribution is 5.96. The normalized spacial score (nSPS) is 15.1. The van der Waals surface area contributed by atoms with Gasteiger partial charge in [0.15, 0.2) is 0 Å². The molecule has 0 unspecified atom stereocenters. The van der Waals surface area contributed by atoms with Crippen LogP contribution in [-0.2, 0) is 4.74 Å². The number of fused-ring (bicyclic) bond motifs is 2. The van der Waals surface area contributed by atoms with Crippen LogP contribution >= 0.6 is 0 Å². The minimum Gasteiger partial charge on any atom is -0.474 e. The molecule has 3 aromatic rings. The molecule has 10 heteroatoms. The minimum atomic E-state index is -0.673. The number of hydrogen-bond donors (Lipinski definition) is 2. The number of ether oxygens (including phenoxy) is 2. The number of hydrogen-bond acceptors (Lipinski definition) is 6. The molecule has 0 atom stereocenters. The molecule has 1 fully saturated rings. The van der Waals surface area contributed by atoms with Crippen LogP contribution in [0.15, 0.2) is 30.6 Å². The predicted octanol–water partition coefficient (Wildman–Crippen LogP) is 5.41. The first kappa shape index (κ1) is 24.7. The Labute approximate surface area is 214 Å². The Bertz CT molecular complexity index is 1380. The Morgan fingerprint density at radius 3 is 2.65 bits per heavy atom. The number of halogens is 1. The predicted molar refractivity (Wildman–Crippen MR) is 138 cm³/mol. The van der Waals surface area contributed by atoms with Gasteiger partial charge in [-0.2, -0.15) is 0 Å². The van der Waals surface area contributed by atoms with Crippen molar-refractivity contribution in [3.8, 4) is 17.0 Å². The Morgan fingerprint density at radius 2 is 1.92 bits per heavy atom. The van der Waals surface area contributed by atoms with Crippen LogP contribution < -0.4 is 20.3 Å². The summed E-state index contributed by atoms with van der Waals surface area (Å²) in [7, 11) is 0. The maximum Gasteiger partial charge on any atom is 0.415 e. The Balaban J connectivity index is 1.48. The summed E-state index contributed by atoms with van der Waals surface area (Å²) in [6.07, 6.45) is 4.83. The number of aromatic nitrogens is 2. The number of carbonyl (C=O) groups excluding carboxylic acids is 2. The average Bonchev–Trinajstić information content (AvgIpc) is 3.66. The summed E-state index contributed by atoms with van der Waals surface area (Å²) in [4.78, 5) is 35.2. The van der Waals surface area contributed by atoms with E-state index in [1.54, 1.807) is 46.0 Å². The maximum atomic E-state index is 15.3. The maximum absolute atomic E-state index is 15.3. The van der Waals surface area contributed by atoms with Crippen LogP contribution in [0.4, 0.5) is 25.5 Å². The molecule has 1 aliphatic carbocycles. The molecule has 37 heavy (non-hydrogen) atoms. The van der Waals surface area contributed by atoms with Crippen LogP contribution in [0.1, 0.15) is 39.2 Å². The lowest BCUT2D eigenvalue weighted by molar-refractivity contribution is 0.0566. The Kier molecular flexibility index (Phi) is 6.35. The summed E-state index contributed by atoms with van der Waals surface area (Å²) in [6.45, 7) is 8.41. The highest BCUT2D eigenvalue weighted by Crippen LogP contribution is 2.40. The van der Waals surface area contributed by atoms with Gasteiger partial charge in [0.05, 0.1) is 6.54 Å². The molecular weight excluding hydrogens is 477 g/mol. The summed E-state index contributed by atoms with van der Waals surface area (Å²) in [5.41, 5.74) is 1.26. The quantitative estimate of drug-likeness (QED) is 0.489. The van der Waals surface area contributed by atoms with Crippen molar-refractivity contribution in [3.63, 3.8) is 0 Å². The van der Waals surface area contributed by atoms with Crippen LogP contribution in [0.25, 0.3) is 21.9 Å². The summed E-state index contributed by atoms with van der Waals surface area (Å²) in [5.74, 6) is 0.768. The van der Waals surface area contributed by atoms with Gasteiger partial charge in [-0.1, -0.05) is 0 Å². The third-order valence-electron chi connectivity index (χ3n) is 6.30. The van der Waals surface area contributed by atoms with E-state index in [-0.39, 0.29) is 19.2 Å². The summed E-state index contributed by atoms with van der Waals surface area (Å²) in [5, 5.41) is 6.86. The second-order valence-electron chi connectivity index (χ2n) is 10.5. The molecule has 5 rings (SSSR count). The molecule has 2 N–H and O–H groups in total. The third kappa shape index (κ3) is 5.42. The van der Waals surface area contributed by atoms with Crippen LogP contribution in [0.3, 0.4) is 0 Å². The standard InChI is InChI=1S/C27H30FN5O4/c1-15-20(14-30-24-23(15)33(7-8-36-24)26(35)37-27(2,3)4)19-9-17-11-22(29-13-18(17)10-21(19)28)32-25(34)31-12-16-5-6-16/h9-11,13-14,16H,5-8,12H2,1-4H3,(H2,29,31,32,34). The monoisotopic (exact) mass is 507 g/mol. The molecule has 0 spiro atoms. The van der Waals surface area contributed by atoms with Crippen molar-refractivity contribution < 1.29 is 23.5 Å². The molecule has 2 aromatic heterocycles. The van der Waals surface area contributed by atoms with E-state index in [4.69, 9.17) is 9.47 Å². The number of nitrogens with zero attached hydrogens (tertiary/aromatic N) is 3. The fourth-order valence-corrected chi connectivity index (χ4v) is 4.27. The van der Waals surface area contributed by atoms with E-state index in [1.807, 2.05) is 0 Å². The van der Waals surface area contributed by atoms with Gasteiger partial charge in [-0.25, -0.2) is 23.9 Å². The van der Waals surface area contributed by atoms with Crippen LogP contribution in [0.2, 0.25) is 0 Å². The van der Waals surface area contributed by atoms with Crippen LogP contribution in [-0.4, -0.2) is 47.4 Å². The molecule has 9 nitrogen and oxygen atoms in total. The first-order valence-electron chi connectivity index (χ1n) is 12.4. The SMILES string of the molecule is Cc1c(-c2cc3cc(NC(=O)NCC4CC4)ncc3cc2F)cnc2c1N(C(=O)OC(C)(C)C)CCO2. The minimum absolute atomic E-state index is 0.277. The van der Waals surface area contributed by atoms with E-state index in [0.29, 0.717) is 57.3 Å². The smallest absolute Gasteiger partial charge is 0.415 e. The van der Waals surface area contributed by atoms with Crippen LogP contribution in [0.5, 0.6) is 5.88 Å². The zero-order valence-electron chi connectivity index (χ0n) is 21.4. The fourth-order valence-electron chi connectivity index (χ4n) is 4.27. The van der Waals surface area contributed by atoms with Crippen molar-refractivity contribution in [2.45, 2.75) is 46.1 Å². The first-order chi connectivity index (χ1) is 17.6. The molecular formula is C27H30FN5O4. The van der Waals surface area contributed by atoms with Crippen molar-refractivity contribution in [2.75, 3.05) is 29.9 Å². The lowest BCUT2D eigenvalue weighted by Gasteiger charge is -2.32. The molecule has 1 aromatic carbocycles.